The second-order valence-electron chi connectivity index (χ2n) is 4.81. The minimum Gasteiger partial charge on any atom is -0.383 e. The van der Waals surface area contributed by atoms with E-state index >= 15 is 0 Å². The number of nitrogens with one attached hydrogen (secondary N) is 2. The van der Waals surface area contributed by atoms with Crippen LogP contribution in [0, 0.1) is 0 Å². The molecule has 0 spiro atoms. The van der Waals surface area contributed by atoms with Crippen molar-refractivity contribution in [1.82, 2.24) is 15.5 Å². The molecule has 1 atom stereocenters. The van der Waals surface area contributed by atoms with E-state index in [1.807, 2.05) is 0 Å². The van der Waals surface area contributed by atoms with Gasteiger partial charge in [-0.25, -0.2) is 0 Å². The summed E-state index contributed by atoms with van der Waals surface area (Å²) in [4.78, 5) is 6.43. The zero-order valence-corrected chi connectivity index (χ0v) is 12.4. The molecule has 6 heteroatoms. The lowest BCUT2D eigenvalue weighted by Gasteiger charge is -2.18. The van der Waals surface area contributed by atoms with Crippen LogP contribution in [-0.4, -0.2) is 77.6 Å². The average Bonchev–Trinajstić information content (AvgIpc) is 2.93. The summed E-state index contributed by atoms with van der Waals surface area (Å²) in [6.07, 6.45) is 2.65. The molecule has 1 aliphatic heterocycles. The maximum Gasteiger partial charge on any atom is 0.191 e. The summed E-state index contributed by atoms with van der Waals surface area (Å²) in [6, 6.07) is 0. The second kappa shape index (κ2) is 10.00. The van der Waals surface area contributed by atoms with Crippen molar-refractivity contribution in [3.05, 3.63) is 0 Å². The Morgan fingerprint density at radius 1 is 1.42 bits per heavy atom. The number of hydrogen-bond acceptors (Lipinski definition) is 4. The van der Waals surface area contributed by atoms with Crippen molar-refractivity contribution in [3.8, 4) is 0 Å². The first-order valence-corrected chi connectivity index (χ1v) is 7.00. The van der Waals surface area contributed by atoms with Crippen LogP contribution >= 0.6 is 0 Å². The van der Waals surface area contributed by atoms with Crippen molar-refractivity contribution in [3.63, 3.8) is 0 Å². The molecule has 0 saturated carbocycles. The predicted octanol–water partition coefficient (Wildman–Crippen LogP) is -0.0914. The van der Waals surface area contributed by atoms with Gasteiger partial charge >= 0.3 is 0 Å². The molecule has 1 rings (SSSR count). The molecule has 1 unspecified atom stereocenters. The van der Waals surface area contributed by atoms with Crippen molar-refractivity contribution in [2.75, 3.05) is 60.6 Å². The molecule has 6 nitrogen and oxygen atoms in total. The Labute approximate surface area is 116 Å². The predicted molar refractivity (Wildman–Crippen MR) is 77.7 cm³/mol. The zero-order chi connectivity index (χ0) is 13.9. The molecular formula is C13H28N4O2. The Morgan fingerprint density at radius 3 is 2.89 bits per heavy atom. The molecule has 1 aliphatic rings. The fraction of sp³-hybridized carbons (Fsp3) is 0.923. The Bertz CT molecular complexity index is 255. The highest BCUT2D eigenvalue weighted by Crippen LogP contribution is 2.10. The molecule has 0 aromatic rings. The van der Waals surface area contributed by atoms with Crippen LogP contribution in [-0.2, 0) is 9.47 Å². The number of nitrogens with zero attached hydrogens (tertiary/aromatic N) is 2. The monoisotopic (exact) mass is 272 g/mol. The molecule has 1 fully saturated rings. The Morgan fingerprint density at radius 2 is 2.26 bits per heavy atom. The highest BCUT2D eigenvalue weighted by atomic mass is 16.5. The van der Waals surface area contributed by atoms with Gasteiger partial charge in [-0.3, -0.25) is 4.99 Å². The third-order valence-electron chi connectivity index (χ3n) is 3.21. The third-order valence-corrected chi connectivity index (χ3v) is 3.21. The lowest BCUT2D eigenvalue weighted by atomic mass is 10.2. The van der Waals surface area contributed by atoms with Gasteiger partial charge in [0.05, 0.1) is 12.7 Å². The number of rotatable bonds is 8. The summed E-state index contributed by atoms with van der Waals surface area (Å²) in [7, 11) is 5.60. The number of methoxy groups -OCH3 is 1. The first-order chi connectivity index (χ1) is 9.26. The van der Waals surface area contributed by atoms with Crippen molar-refractivity contribution in [2.45, 2.75) is 18.9 Å². The Balaban J connectivity index is 2.07. The van der Waals surface area contributed by atoms with Crippen molar-refractivity contribution in [2.24, 2.45) is 4.99 Å². The van der Waals surface area contributed by atoms with Gasteiger partial charge in [-0.15, -0.1) is 0 Å². The lowest BCUT2D eigenvalue weighted by Crippen LogP contribution is -2.43. The molecule has 1 heterocycles. The maximum absolute atomic E-state index is 5.57. The molecule has 0 bridgehead atoms. The molecule has 0 amide bonds. The van der Waals surface area contributed by atoms with Crippen LogP contribution < -0.4 is 10.6 Å². The molecule has 1 saturated heterocycles. The van der Waals surface area contributed by atoms with Crippen LogP contribution in [0.4, 0.5) is 0 Å². The molecule has 2 N–H and O–H groups in total. The van der Waals surface area contributed by atoms with Crippen LogP contribution in [0.3, 0.4) is 0 Å². The number of likely N-dealkylation sites (N-methyl/N-ethyl adjacent to an activating group) is 1. The van der Waals surface area contributed by atoms with Gasteiger partial charge in [-0.1, -0.05) is 0 Å². The topological polar surface area (TPSA) is 58.1 Å². The van der Waals surface area contributed by atoms with E-state index in [1.165, 1.54) is 6.42 Å². The molecule has 112 valence electrons. The van der Waals surface area contributed by atoms with E-state index in [0.29, 0.717) is 6.10 Å². The van der Waals surface area contributed by atoms with Gasteiger partial charge in [0.1, 0.15) is 0 Å². The van der Waals surface area contributed by atoms with E-state index in [-0.39, 0.29) is 0 Å². The summed E-state index contributed by atoms with van der Waals surface area (Å²) < 4.78 is 10.6. The fourth-order valence-electron chi connectivity index (χ4n) is 1.96. The van der Waals surface area contributed by atoms with E-state index in [0.717, 1.165) is 51.8 Å². The van der Waals surface area contributed by atoms with Gasteiger partial charge in [-0.05, 0) is 19.9 Å². The first-order valence-electron chi connectivity index (χ1n) is 7.00. The minimum atomic E-state index is 0.336. The summed E-state index contributed by atoms with van der Waals surface area (Å²) in [5.41, 5.74) is 0. The number of guanidine groups is 1. The van der Waals surface area contributed by atoms with Crippen molar-refractivity contribution >= 4 is 5.96 Å². The van der Waals surface area contributed by atoms with Gasteiger partial charge in [-0.2, -0.15) is 0 Å². The van der Waals surface area contributed by atoms with Crippen molar-refractivity contribution in [1.29, 1.82) is 0 Å². The van der Waals surface area contributed by atoms with Crippen LogP contribution in [0.1, 0.15) is 12.8 Å². The Kier molecular flexibility index (Phi) is 8.53. The van der Waals surface area contributed by atoms with E-state index < -0.39 is 0 Å². The molecular weight excluding hydrogens is 244 g/mol. The van der Waals surface area contributed by atoms with Gasteiger partial charge < -0.3 is 25.0 Å². The largest absolute Gasteiger partial charge is 0.383 e. The SMILES string of the molecule is CN=C(NCCN(C)CCOC)NCC1CCCO1. The van der Waals surface area contributed by atoms with E-state index in [4.69, 9.17) is 9.47 Å². The van der Waals surface area contributed by atoms with Gasteiger partial charge in [0, 0.05) is 46.9 Å². The maximum atomic E-state index is 5.57. The fourth-order valence-corrected chi connectivity index (χ4v) is 1.96. The quantitative estimate of drug-likeness (QED) is 0.478. The van der Waals surface area contributed by atoms with E-state index in [9.17, 15) is 0 Å². The first kappa shape index (κ1) is 16.2. The lowest BCUT2D eigenvalue weighted by molar-refractivity contribution is 0.113. The van der Waals surface area contributed by atoms with Gasteiger partial charge in [0.15, 0.2) is 5.96 Å². The van der Waals surface area contributed by atoms with Gasteiger partial charge in [0.25, 0.3) is 0 Å². The standard InChI is InChI=1S/C13H28N4O2/c1-14-13(16-11-12-5-4-9-19-12)15-6-7-17(2)8-10-18-3/h12H,4-11H2,1-3H3,(H2,14,15,16). The number of hydrogen-bond donors (Lipinski definition) is 2. The highest BCUT2D eigenvalue weighted by Gasteiger charge is 2.15. The molecule has 0 radical (unpaired) electrons. The summed E-state index contributed by atoms with van der Waals surface area (Å²) >= 11 is 0. The zero-order valence-electron chi connectivity index (χ0n) is 12.4. The van der Waals surface area contributed by atoms with E-state index in [2.05, 4.69) is 27.6 Å². The average molecular weight is 272 g/mol. The van der Waals surface area contributed by atoms with E-state index in [1.54, 1.807) is 14.2 Å². The highest BCUT2D eigenvalue weighted by molar-refractivity contribution is 5.79. The van der Waals surface area contributed by atoms with Gasteiger partial charge in [0.2, 0.25) is 0 Å². The third kappa shape index (κ3) is 7.34. The second-order valence-corrected chi connectivity index (χ2v) is 4.81. The normalized spacial score (nSPS) is 20.0. The molecule has 0 aromatic carbocycles. The summed E-state index contributed by atoms with van der Waals surface area (Å²) in [6.45, 7) is 5.26. The molecule has 0 aliphatic carbocycles. The van der Waals surface area contributed by atoms with Crippen LogP contribution in [0.5, 0.6) is 0 Å². The molecule has 0 aromatic heterocycles. The molecule has 19 heavy (non-hydrogen) atoms. The smallest absolute Gasteiger partial charge is 0.191 e. The van der Waals surface area contributed by atoms with Crippen molar-refractivity contribution < 1.29 is 9.47 Å². The Hall–Kier alpha value is -0.850. The minimum absolute atomic E-state index is 0.336. The summed E-state index contributed by atoms with van der Waals surface area (Å²) in [5, 5.41) is 6.60. The summed E-state index contributed by atoms with van der Waals surface area (Å²) in [5.74, 6) is 0.843. The number of aliphatic imine (C=N–C) groups is 1. The van der Waals surface area contributed by atoms with Crippen LogP contribution in [0.15, 0.2) is 4.99 Å². The van der Waals surface area contributed by atoms with Crippen LogP contribution in [0.2, 0.25) is 0 Å². The van der Waals surface area contributed by atoms with Crippen LogP contribution in [0.25, 0.3) is 0 Å². The number of ether oxygens (including phenoxy) is 2.